The van der Waals surface area contributed by atoms with Crippen molar-refractivity contribution >= 4 is 0 Å². The Kier molecular flexibility index (Phi) is 8.73. The van der Waals surface area contributed by atoms with Gasteiger partial charge in [0, 0.05) is 0 Å². The number of aliphatic hydroxyl groups is 8. The first-order valence-electron chi connectivity index (χ1n) is 9.48. The van der Waals surface area contributed by atoms with E-state index in [-0.39, 0.29) is 0 Å². The van der Waals surface area contributed by atoms with Crippen molar-refractivity contribution in [2.24, 2.45) is 0 Å². The fourth-order valence-electron chi connectivity index (χ4n) is 3.30. The molecule has 7 unspecified atom stereocenters. The Hall–Kier alpha value is -0.480. The molecule has 0 aromatic heterocycles. The molecule has 0 aliphatic carbocycles. The Balaban J connectivity index is 2.07. The summed E-state index contributed by atoms with van der Waals surface area (Å²) >= 11 is 0. The van der Waals surface area contributed by atoms with E-state index < -0.39 is 86.3 Å². The average molecular weight is 428 g/mol. The van der Waals surface area contributed by atoms with Gasteiger partial charge >= 0.3 is 0 Å². The molecule has 12 nitrogen and oxygen atoms in total. The highest BCUT2D eigenvalue weighted by Gasteiger charge is 2.50. The zero-order valence-corrected chi connectivity index (χ0v) is 16.4. The van der Waals surface area contributed by atoms with Crippen LogP contribution in [-0.4, -0.2) is 127 Å². The van der Waals surface area contributed by atoms with Crippen molar-refractivity contribution in [3.63, 3.8) is 0 Å². The summed E-state index contributed by atoms with van der Waals surface area (Å²) in [6.07, 6.45) is -17.7. The van der Waals surface area contributed by atoms with Crippen LogP contribution in [0.15, 0.2) is 0 Å². The van der Waals surface area contributed by atoms with Crippen LogP contribution in [0.3, 0.4) is 0 Å². The van der Waals surface area contributed by atoms with Crippen LogP contribution in [0.5, 0.6) is 0 Å². The molecule has 13 atom stereocenters. The molecule has 2 rings (SSSR count). The lowest BCUT2D eigenvalue weighted by molar-refractivity contribution is -0.362. The van der Waals surface area contributed by atoms with Crippen LogP contribution in [0.4, 0.5) is 0 Å². The van der Waals surface area contributed by atoms with Gasteiger partial charge in [0.25, 0.3) is 0 Å². The topological polar surface area (TPSA) is 199 Å². The first-order valence-corrected chi connectivity index (χ1v) is 9.48. The normalized spacial score (nSPS) is 46.9. The highest BCUT2D eigenvalue weighted by molar-refractivity contribution is 4.93. The van der Waals surface area contributed by atoms with Crippen LogP contribution in [0.25, 0.3) is 0 Å². The lowest BCUT2D eigenvalue weighted by Crippen LogP contribution is -2.64. The highest BCUT2D eigenvalue weighted by Crippen LogP contribution is 2.30. The number of rotatable bonds is 7. The van der Waals surface area contributed by atoms with Crippen LogP contribution >= 0.6 is 0 Å². The second-order valence-corrected chi connectivity index (χ2v) is 7.56. The summed E-state index contributed by atoms with van der Waals surface area (Å²) < 4.78 is 21.6. The van der Waals surface area contributed by atoms with Gasteiger partial charge < -0.3 is 59.8 Å². The molecule has 0 aromatic carbocycles. The molecule has 0 saturated carbocycles. The Morgan fingerprint density at radius 3 is 1.97 bits per heavy atom. The van der Waals surface area contributed by atoms with Crippen molar-refractivity contribution in [3.8, 4) is 0 Å². The largest absolute Gasteiger partial charge is 0.394 e. The molecule has 2 heterocycles. The molecular weight excluding hydrogens is 396 g/mol. The predicted octanol–water partition coefficient (Wildman–Crippen LogP) is -4.22. The molecule has 0 bridgehead atoms. The molecule has 8 N–H and O–H groups in total. The van der Waals surface area contributed by atoms with Gasteiger partial charge in [-0.2, -0.15) is 0 Å². The van der Waals surface area contributed by atoms with Crippen LogP contribution < -0.4 is 0 Å². The first kappa shape index (κ1) is 24.8. The van der Waals surface area contributed by atoms with Gasteiger partial charge in [0.15, 0.2) is 12.6 Å². The quantitative estimate of drug-likeness (QED) is 0.195. The summed E-state index contributed by atoms with van der Waals surface area (Å²) in [6, 6.07) is 0. The fraction of sp³-hybridized carbons (Fsp3) is 1.00. The van der Waals surface area contributed by atoms with Crippen molar-refractivity contribution in [1.82, 2.24) is 0 Å². The number of aliphatic hydroxyl groups excluding tert-OH is 8. The monoisotopic (exact) mass is 428 g/mol. The SMILES string of the molecule is CC(O)[C@H](O)C(C)O[C@@H]1OC(CO)[C@@H](O[C@H]2OC(C)[C@H](O)C(O)[C@@H]2O)C(O)C1O. The Labute approximate surface area is 167 Å². The van der Waals surface area contributed by atoms with E-state index in [4.69, 9.17) is 18.9 Å². The zero-order chi connectivity index (χ0) is 22.0. The average Bonchev–Trinajstić information content (AvgIpc) is 2.68. The maximum Gasteiger partial charge on any atom is 0.187 e. The van der Waals surface area contributed by atoms with E-state index >= 15 is 0 Å². The van der Waals surface area contributed by atoms with Gasteiger partial charge in [-0.05, 0) is 20.8 Å². The van der Waals surface area contributed by atoms with E-state index in [0.29, 0.717) is 0 Å². The molecule has 0 radical (unpaired) electrons. The molecule has 12 heteroatoms. The van der Waals surface area contributed by atoms with Gasteiger partial charge in [-0.3, -0.25) is 0 Å². The smallest absolute Gasteiger partial charge is 0.187 e. The van der Waals surface area contributed by atoms with E-state index in [1.165, 1.54) is 20.8 Å². The minimum absolute atomic E-state index is 0.662. The molecule has 0 spiro atoms. The highest BCUT2D eigenvalue weighted by atomic mass is 16.7. The van der Waals surface area contributed by atoms with Gasteiger partial charge in [-0.1, -0.05) is 0 Å². The minimum Gasteiger partial charge on any atom is -0.394 e. The summed E-state index contributed by atoms with van der Waals surface area (Å²) in [5.41, 5.74) is 0. The second kappa shape index (κ2) is 10.2. The summed E-state index contributed by atoms with van der Waals surface area (Å²) in [5, 5.41) is 79.4. The molecule has 0 aromatic rings. The van der Waals surface area contributed by atoms with Crippen molar-refractivity contribution < 1.29 is 59.8 Å². The van der Waals surface area contributed by atoms with Gasteiger partial charge in [0.1, 0.15) is 48.8 Å². The molecule has 172 valence electrons. The molecule has 2 aliphatic heterocycles. The molecule has 2 aliphatic rings. The Morgan fingerprint density at radius 2 is 1.41 bits per heavy atom. The van der Waals surface area contributed by atoms with E-state index in [0.717, 1.165) is 0 Å². The van der Waals surface area contributed by atoms with Crippen molar-refractivity contribution in [1.29, 1.82) is 0 Å². The Bertz CT molecular complexity index is 505. The number of hydrogen-bond acceptors (Lipinski definition) is 12. The third-order valence-electron chi connectivity index (χ3n) is 5.24. The Morgan fingerprint density at radius 1 is 0.828 bits per heavy atom. The van der Waals surface area contributed by atoms with E-state index in [9.17, 15) is 40.9 Å². The van der Waals surface area contributed by atoms with Gasteiger partial charge in [-0.25, -0.2) is 0 Å². The van der Waals surface area contributed by atoms with E-state index in [2.05, 4.69) is 0 Å². The molecular formula is C17H32O12. The van der Waals surface area contributed by atoms with E-state index in [1.807, 2.05) is 0 Å². The van der Waals surface area contributed by atoms with Crippen LogP contribution in [0.2, 0.25) is 0 Å². The second-order valence-electron chi connectivity index (χ2n) is 7.56. The predicted molar refractivity (Wildman–Crippen MR) is 93.2 cm³/mol. The fourth-order valence-corrected chi connectivity index (χ4v) is 3.30. The molecule has 29 heavy (non-hydrogen) atoms. The van der Waals surface area contributed by atoms with E-state index in [1.54, 1.807) is 0 Å². The lowest BCUT2D eigenvalue weighted by Gasteiger charge is -2.46. The minimum atomic E-state index is -1.67. The van der Waals surface area contributed by atoms with Crippen molar-refractivity contribution in [3.05, 3.63) is 0 Å². The van der Waals surface area contributed by atoms with Crippen LogP contribution in [0, 0.1) is 0 Å². The van der Waals surface area contributed by atoms with Gasteiger partial charge in [0.2, 0.25) is 0 Å². The molecule has 2 saturated heterocycles. The maximum absolute atomic E-state index is 10.5. The van der Waals surface area contributed by atoms with Crippen LogP contribution in [-0.2, 0) is 18.9 Å². The molecule has 0 amide bonds. The number of ether oxygens (including phenoxy) is 4. The third kappa shape index (κ3) is 5.42. The lowest BCUT2D eigenvalue weighted by atomic mass is 9.97. The summed E-state index contributed by atoms with van der Waals surface area (Å²) in [7, 11) is 0. The molecule has 2 fully saturated rings. The standard InChI is InChI=1S/C17H32O12/c1-5(19)9(20)6(2)26-16-14(25)12(23)15(8(4-18)28-16)29-17-13(24)11(22)10(21)7(3)27-17/h5-25H,4H2,1-3H3/t5?,6?,7?,8?,9-,10-,11?,12?,13-,14?,15+,16+,17+/m0/s1. The van der Waals surface area contributed by atoms with Gasteiger partial charge in [-0.15, -0.1) is 0 Å². The number of hydrogen-bond donors (Lipinski definition) is 8. The van der Waals surface area contributed by atoms with Crippen molar-refractivity contribution in [2.75, 3.05) is 6.61 Å². The van der Waals surface area contributed by atoms with Crippen LogP contribution in [0.1, 0.15) is 20.8 Å². The zero-order valence-electron chi connectivity index (χ0n) is 16.4. The third-order valence-corrected chi connectivity index (χ3v) is 5.24. The summed E-state index contributed by atoms with van der Waals surface area (Å²) in [6.45, 7) is 3.56. The van der Waals surface area contributed by atoms with Crippen molar-refractivity contribution in [2.45, 2.75) is 100 Å². The van der Waals surface area contributed by atoms with Gasteiger partial charge in [0.05, 0.1) is 24.9 Å². The maximum atomic E-state index is 10.5. The summed E-state index contributed by atoms with van der Waals surface area (Å²) in [5.74, 6) is 0. The first-order chi connectivity index (χ1) is 13.5. The summed E-state index contributed by atoms with van der Waals surface area (Å²) in [4.78, 5) is 0.